The van der Waals surface area contributed by atoms with Crippen LogP contribution in [-0.4, -0.2) is 6.54 Å². The summed E-state index contributed by atoms with van der Waals surface area (Å²) in [5.41, 5.74) is 2.84. The van der Waals surface area contributed by atoms with E-state index in [4.69, 9.17) is 23.2 Å². The van der Waals surface area contributed by atoms with Crippen LogP contribution in [0.5, 0.6) is 0 Å². The fourth-order valence-corrected chi connectivity index (χ4v) is 2.87. The Bertz CT molecular complexity index is 452. The topological polar surface area (TPSA) is 12.0 Å². The minimum absolute atomic E-state index is 0.180. The summed E-state index contributed by atoms with van der Waals surface area (Å²) in [4.78, 5) is 0. The summed E-state index contributed by atoms with van der Waals surface area (Å²) >= 11 is 11.9. The normalized spacial score (nSPS) is 21.3. The maximum Gasteiger partial charge on any atom is 0.0409 e. The number of rotatable bonds is 3. The smallest absolute Gasteiger partial charge is 0.0409 e. The molecule has 0 fully saturated rings. The molecular weight excluding hydrogens is 253 g/mol. The van der Waals surface area contributed by atoms with Crippen molar-refractivity contribution in [1.29, 1.82) is 0 Å². The predicted molar refractivity (Wildman–Crippen MR) is 74.7 cm³/mol. The van der Waals surface area contributed by atoms with Gasteiger partial charge in [-0.2, -0.15) is 0 Å². The molecule has 0 saturated carbocycles. The van der Waals surface area contributed by atoms with Gasteiger partial charge >= 0.3 is 0 Å². The van der Waals surface area contributed by atoms with Crippen LogP contribution in [0.1, 0.15) is 31.0 Å². The average molecular weight is 270 g/mol. The van der Waals surface area contributed by atoms with Crippen LogP contribution in [0.3, 0.4) is 0 Å². The molecule has 1 N–H and O–H groups in total. The zero-order valence-electron chi connectivity index (χ0n) is 10.2. The summed E-state index contributed by atoms with van der Waals surface area (Å²) in [6.07, 6.45) is 1.06. The van der Waals surface area contributed by atoms with Gasteiger partial charge in [0.1, 0.15) is 0 Å². The van der Waals surface area contributed by atoms with Crippen molar-refractivity contribution in [3.8, 4) is 0 Å². The first-order valence-corrected chi connectivity index (χ1v) is 6.51. The lowest BCUT2D eigenvalue weighted by Crippen LogP contribution is -2.31. The van der Waals surface area contributed by atoms with Crippen LogP contribution in [0.2, 0.25) is 5.02 Å². The highest BCUT2D eigenvalue weighted by Crippen LogP contribution is 2.45. The first kappa shape index (κ1) is 12.9. The van der Waals surface area contributed by atoms with E-state index in [-0.39, 0.29) is 11.5 Å². The summed E-state index contributed by atoms with van der Waals surface area (Å²) in [7, 11) is 0. The SMILES string of the molecule is C=C(Cl)CNC1c2cc(Cl)ccc2CC1(C)C. The number of benzene rings is 1. The van der Waals surface area contributed by atoms with Gasteiger partial charge < -0.3 is 5.32 Å². The molecule has 0 bridgehead atoms. The van der Waals surface area contributed by atoms with Crippen LogP contribution in [0, 0.1) is 5.41 Å². The molecule has 1 aliphatic carbocycles. The standard InChI is InChI=1S/C14H17Cl2N/c1-9(15)8-17-13-12-6-11(16)5-4-10(12)7-14(13,2)3/h4-6,13,17H,1,7-8H2,2-3H3. The molecular formula is C14H17Cl2N. The molecule has 0 spiro atoms. The van der Waals surface area contributed by atoms with Gasteiger partial charge in [-0.25, -0.2) is 0 Å². The number of hydrogen-bond donors (Lipinski definition) is 1. The summed E-state index contributed by atoms with van der Waals surface area (Å²) in [5, 5.41) is 4.89. The van der Waals surface area contributed by atoms with Crippen molar-refractivity contribution >= 4 is 23.2 Å². The van der Waals surface area contributed by atoms with Crippen LogP contribution >= 0.6 is 23.2 Å². The Morgan fingerprint density at radius 1 is 1.53 bits per heavy atom. The minimum atomic E-state index is 0.180. The van der Waals surface area contributed by atoms with Crippen molar-refractivity contribution in [3.63, 3.8) is 0 Å². The van der Waals surface area contributed by atoms with Gasteiger partial charge in [0.05, 0.1) is 0 Å². The largest absolute Gasteiger partial charge is 0.304 e. The molecule has 1 aromatic carbocycles. The number of hydrogen-bond acceptors (Lipinski definition) is 1. The van der Waals surface area contributed by atoms with Crippen molar-refractivity contribution < 1.29 is 0 Å². The molecule has 92 valence electrons. The molecule has 1 aromatic rings. The van der Waals surface area contributed by atoms with E-state index in [0.29, 0.717) is 11.6 Å². The molecule has 0 heterocycles. The Hall–Kier alpha value is -0.500. The Balaban J connectivity index is 2.30. The van der Waals surface area contributed by atoms with E-state index >= 15 is 0 Å². The van der Waals surface area contributed by atoms with Crippen molar-refractivity contribution in [1.82, 2.24) is 5.32 Å². The average Bonchev–Trinajstić information content (AvgIpc) is 2.45. The Labute approximate surface area is 113 Å². The summed E-state index contributed by atoms with van der Waals surface area (Å²) < 4.78 is 0. The third-order valence-corrected chi connectivity index (χ3v) is 3.71. The molecule has 2 rings (SSSR count). The third kappa shape index (κ3) is 2.67. The van der Waals surface area contributed by atoms with E-state index in [2.05, 4.69) is 37.9 Å². The molecule has 1 nitrogen and oxygen atoms in total. The van der Waals surface area contributed by atoms with Crippen LogP contribution in [0.15, 0.2) is 29.8 Å². The number of fused-ring (bicyclic) bond motifs is 1. The molecule has 0 aromatic heterocycles. The maximum atomic E-state index is 6.07. The predicted octanol–water partition coefficient (Wildman–Crippen LogP) is 4.31. The minimum Gasteiger partial charge on any atom is -0.304 e. The van der Waals surface area contributed by atoms with E-state index in [1.807, 2.05) is 6.07 Å². The van der Waals surface area contributed by atoms with Crippen LogP contribution in [-0.2, 0) is 6.42 Å². The lowest BCUT2D eigenvalue weighted by Gasteiger charge is -2.28. The molecule has 1 unspecified atom stereocenters. The monoisotopic (exact) mass is 269 g/mol. The van der Waals surface area contributed by atoms with Gasteiger partial charge in [0.15, 0.2) is 0 Å². The van der Waals surface area contributed by atoms with Gasteiger partial charge in [-0.3, -0.25) is 0 Å². The second-order valence-electron chi connectivity index (χ2n) is 5.34. The van der Waals surface area contributed by atoms with Gasteiger partial charge in [0.2, 0.25) is 0 Å². The Morgan fingerprint density at radius 2 is 2.24 bits per heavy atom. The Kier molecular flexibility index (Phi) is 3.53. The molecule has 3 heteroatoms. The molecule has 0 amide bonds. The molecule has 0 saturated heterocycles. The molecule has 0 radical (unpaired) electrons. The van der Waals surface area contributed by atoms with E-state index < -0.39 is 0 Å². The van der Waals surface area contributed by atoms with E-state index in [0.717, 1.165) is 11.4 Å². The number of nitrogens with one attached hydrogen (secondary N) is 1. The van der Waals surface area contributed by atoms with E-state index in [9.17, 15) is 0 Å². The van der Waals surface area contributed by atoms with Crippen molar-refractivity contribution in [2.75, 3.05) is 6.54 Å². The van der Waals surface area contributed by atoms with Gasteiger partial charge in [0, 0.05) is 22.6 Å². The van der Waals surface area contributed by atoms with Crippen LogP contribution < -0.4 is 5.32 Å². The van der Waals surface area contributed by atoms with Crippen molar-refractivity contribution in [2.45, 2.75) is 26.3 Å². The van der Waals surface area contributed by atoms with Crippen molar-refractivity contribution in [2.24, 2.45) is 5.41 Å². The van der Waals surface area contributed by atoms with Crippen LogP contribution in [0.25, 0.3) is 0 Å². The summed E-state index contributed by atoms with van der Waals surface area (Å²) in [5.74, 6) is 0. The second-order valence-corrected chi connectivity index (χ2v) is 6.31. The summed E-state index contributed by atoms with van der Waals surface area (Å²) in [6, 6.07) is 6.42. The third-order valence-electron chi connectivity index (χ3n) is 3.34. The first-order valence-electron chi connectivity index (χ1n) is 5.75. The zero-order chi connectivity index (χ0) is 12.6. The first-order chi connectivity index (χ1) is 7.90. The lowest BCUT2D eigenvalue weighted by molar-refractivity contribution is 0.276. The van der Waals surface area contributed by atoms with E-state index in [1.165, 1.54) is 11.1 Å². The van der Waals surface area contributed by atoms with Gasteiger partial charge in [-0.1, -0.05) is 49.7 Å². The second kappa shape index (κ2) is 4.64. The van der Waals surface area contributed by atoms with Gasteiger partial charge in [-0.15, -0.1) is 0 Å². The van der Waals surface area contributed by atoms with Gasteiger partial charge in [0.25, 0.3) is 0 Å². The van der Waals surface area contributed by atoms with E-state index in [1.54, 1.807) is 0 Å². The lowest BCUT2D eigenvalue weighted by atomic mass is 9.85. The maximum absolute atomic E-state index is 6.07. The van der Waals surface area contributed by atoms with Crippen molar-refractivity contribution in [3.05, 3.63) is 46.0 Å². The quantitative estimate of drug-likeness (QED) is 0.863. The summed E-state index contributed by atoms with van der Waals surface area (Å²) in [6.45, 7) is 8.86. The molecule has 0 aliphatic heterocycles. The zero-order valence-corrected chi connectivity index (χ0v) is 11.7. The molecule has 1 atom stereocenters. The fraction of sp³-hybridized carbons (Fsp3) is 0.429. The number of halogens is 2. The highest BCUT2D eigenvalue weighted by molar-refractivity contribution is 6.30. The van der Waals surface area contributed by atoms with Gasteiger partial charge in [-0.05, 0) is 35.1 Å². The highest BCUT2D eigenvalue weighted by atomic mass is 35.5. The highest BCUT2D eigenvalue weighted by Gasteiger charge is 2.38. The molecule has 1 aliphatic rings. The Morgan fingerprint density at radius 3 is 2.88 bits per heavy atom. The fourth-order valence-electron chi connectivity index (χ4n) is 2.61. The van der Waals surface area contributed by atoms with Crippen LogP contribution in [0.4, 0.5) is 0 Å². The molecule has 17 heavy (non-hydrogen) atoms.